The molecule has 4 atom stereocenters. The van der Waals surface area contributed by atoms with Crippen molar-refractivity contribution in [2.75, 3.05) is 14.1 Å². The maximum absolute atomic E-state index is 12.9. The fourth-order valence-corrected chi connectivity index (χ4v) is 9.48. The summed E-state index contributed by atoms with van der Waals surface area (Å²) in [6, 6.07) is 17.2. The molecule has 4 aliphatic rings. The van der Waals surface area contributed by atoms with Gasteiger partial charge in [-0.1, -0.05) is 19.1 Å². The van der Waals surface area contributed by atoms with Crippen LogP contribution >= 0.6 is 0 Å². The molecule has 0 N–H and O–H groups in total. The van der Waals surface area contributed by atoms with Crippen molar-refractivity contribution >= 4 is 23.9 Å². The molecule has 0 aliphatic carbocycles. The van der Waals surface area contributed by atoms with Gasteiger partial charge in [0, 0.05) is 88.7 Å². The van der Waals surface area contributed by atoms with Gasteiger partial charge in [0.25, 0.3) is 0 Å². The van der Waals surface area contributed by atoms with Gasteiger partial charge in [-0.25, -0.2) is 0 Å². The van der Waals surface area contributed by atoms with E-state index in [0.717, 1.165) is 79.0 Å². The minimum atomic E-state index is -0.325. The number of ether oxygens (including phenoxy) is 4. The summed E-state index contributed by atoms with van der Waals surface area (Å²) < 4.78 is 24.6. The van der Waals surface area contributed by atoms with E-state index in [2.05, 4.69) is 14.1 Å². The van der Waals surface area contributed by atoms with Gasteiger partial charge in [0.05, 0.1) is 38.3 Å². The van der Waals surface area contributed by atoms with Crippen molar-refractivity contribution in [1.29, 1.82) is 0 Å². The van der Waals surface area contributed by atoms with Gasteiger partial charge >= 0.3 is 23.9 Å². The van der Waals surface area contributed by atoms with Crippen LogP contribution in [0.5, 0.6) is 11.5 Å². The van der Waals surface area contributed by atoms with Gasteiger partial charge in [0.15, 0.2) is 0 Å². The Morgan fingerprint density at radius 2 is 1.16 bits per heavy atom. The molecular formula is C40H54N2O8+2. The molecule has 0 spiro atoms. The second-order valence-corrected chi connectivity index (χ2v) is 15.5. The zero-order chi connectivity index (χ0) is 35.5. The molecule has 4 aliphatic heterocycles. The van der Waals surface area contributed by atoms with Crippen LogP contribution in [0.25, 0.3) is 0 Å². The van der Waals surface area contributed by atoms with Crippen molar-refractivity contribution < 1.29 is 47.1 Å². The molecule has 4 heterocycles. The summed E-state index contributed by atoms with van der Waals surface area (Å²) in [7, 11) is 4.60. The van der Waals surface area contributed by atoms with Crippen molar-refractivity contribution in [2.45, 2.75) is 140 Å². The Labute approximate surface area is 296 Å². The van der Waals surface area contributed by atoms with E-state index in [-0.39, 0.29) is 48.9 Å². The topological polar surface area (TPSA) is 105 Å². The molecule has 50 heavy (non-hydrogen) atoms. The molecule has 6 rings (SSSR count). The average Bonchev–Trinajstić information content (AvgIpc) is 3.31. The smallest absolute Gasteiger partial charge is 0.310 e. The second kappa shape index (κ2) is 15.2. The highest BCUT2D eigenvalue weighted by molar-refractivity contribution is 5.73. The number of carbonyl (C=O) groups excluding carboxylic acids is 4. The minimum Gasteiger partial charge on any atom is -0.462 e. The number of rotatable bonds is 13. The number of benzene rings is 2. The monoisotopic (exact) mass is 690 g/mol. The molecule has 0 amide bonds. The highest BCUT2D eigenvalue weighted by Gasteiger charge is 2.53. The van der Waals surface area contributed by atoms with Gasteiger partial charge in [-0.2, -0.15) is 0 Å². The summed E-state index contributed by atoms with van der Waals surface area (Å²) in [6.07, 6.45) is 8.75. The van der Waals surface area contributed by atoms with E-state index >= 15 is 0 Å². The van der Waals surface area contributed by atoms with Gasteiger partial charge in [0.1, 0.15) is 36.8 Å². The van der Waals surface area contributed by atoms with E-state index in [4.69, 9.17) is 18.9 Å². The third kappa shape index (κ3) is 8.07. The van der Waals surface area contributed by atoms with Crippen LogP contribution in [0.4, 0.5) is 0 Å². The first-order chi connectivity index (χ1) is 23.9. The predicted molar refractivity (Wildman–Crippen MR) is 186 cm³/mol. The minimum absolute atomic E-state index is 0.0831. The molecule has 10 heteroatoms. The molecule has 0 aromatic heterocycles. The van der Waals surface area contributed by atoms with Crippen LogP contribution in [0.15, 0.2) is 48.5 Å². The summed E-state index contributed by atoms with van der Waals surface area (Å²) in [4.78, 5) is 49.0. The fourth-order valence-electron chi connectivity index (χ4n) is 9.48. The Balaban J connectivity index is 0.921. The maximum atomic E-state index is 12.9. The van der Waals surface area contributed by atoms with Crippen molar-refractivity contribution in [1.82, 2.24) is 0 Å². The Kier molecular flexibility index (Phi) is 11.0. The Morgan fingerprint density at radius 3 is 1.66 bits per heavy atom. The quantitative estimate of drug-likeness (QED) is 0.140. The molecule has 2 aromatic carbocycles. The molecule has 2 aromatic rings. The maximum Gasteiger partial charge on any atom is 0.310 e. The van der Waals surface area contributed by atoms with Crippen LogP contribution in [-0.4, -0.2) is 83.3 Å². The molecule has 4 saturated heterocycles. The highest BCUT2D eigenvalue weighted by atomic mass is 16.6. The zero-order valence-corrected chi connectivity index (χ0v) is 30.1. The fraction of sp³-hybridized carbons (Fsp3) is 0.600. The molecule has 4 unspecified atom stereocenters. The van der Waals surface area contributed by atoms with Crippen molar-refractivity contribution in [3.05, 3.63) is 59.7 Å². The molecule has 4 bridgehead atoms. The van der Waals surface area contributed by atoms with Crippen molar-refractivity contribution in [3.63, 3.8) is 0 Å². The number of fused-ring (bicyclic) bond motifs is 4. The third-order valence-corrected chi connectivity index (χ3v) is 12.2. The van der Waals surface area contributed by atoms with Gasteiger partial charge < -0.3 is 27.9 Å². The molecule has 270 valence electrons. The molecule has 0 radical (unpaired) electrons. The largest absolute Gasteiger partial charge is 0.462 e. The van der Waals surface area contributed by atoms with Crippen LogP contribution < -0.4 is 9.47 Å². The Morgan fingerprint density at radius 1 is 0.660 bits per heavy atom. The number of esters is 4. The van der Waals surface area contributed by atoms with Gasteiger partial charge in [-0.3, -0.25) is 19.2 Å². The first-order valence-electron chi connectivity index (χ1n) is 18.6. The van der Waals surface area contributed by atoms with Crippen LogP contribution in [0.2, 0.25) is 0 Å². The second-order valence-electron chi connectivity index (χ2n) is 15.5. The Hall–Kier alpha value is -3.76. The van der Waals surface area contributed by atoms with E-state index in [1.54, 1.807) is 6.92 Å². The number of hydrogen-bond acceptors (Lipinski definition) is 8. The Bertz CT molecular complexity index is 1530. The molecule has 4 fully saturated rings. The van der Waals surface area contributed by atoms with Crippen molar-refractivity contribution in [3.8, 4) is 11.5 Å². The molecular weight excluding hydrogens is 636 g/mol. The first-order valence-corrected chi connectivity index (χ1v) is 18.6. The van der Waals surface area contributed by atoms with Gasteiger partial charge in [0.2, 0.25) is 0 Å². The van der Waals surface area contributed by atoms with Crippen LogP contribution in [0, 0.1) is 0 Å². The van der Waals surface area contributed by atoms with Crippen LogP contribution in [-0.2, 0) is 41.7 Å². The van der Waals surface area contributed by atoms with Crippen molar-refractivity contribution in [2.24, 2.45) is 0 Å². The van der Waals surface area contributed by atoms with Gasteiger partial charge in [-0.05, 0) is 42.8 Å². The lowest BCUT2D eigenvalue weighted by Gasteiger charge is -2.47. The number of nitrogens with zero attached hydrogens (tertiary/aromatic N) is 2. The summed E-state index contributed by atoms with van der Waals surface area (Å²) in [6.45, 7) is 4.87. The lowest BCUT2D eigenvalue weighted by molar-refractivity contribution is -0.961. The number of hydrogen-bond donors (Lipinski definition) is 0. The zero-order valence-electron chi connectivity index (χ0n) is 30.1. The van der Waals surface area contributed by atoms with Crippen LogP contribution in [0.3, 0.4) is 0 Å². The summed E-state index contributed by atoms with van der Waals surface area (Å²) in [5.41, 5.74) is 2.24. The standard InChI is InChI=1S/C40H54N2O8/c1-5-38(44)50-37-10-7-6-9-29(37)26-42(4)32-17-18-33(42)24-36(23-32)49-40(46)12-8-11-39(45)48-35-21-30-15-16-31(22-35)41(30,3)25-28-13-19-34(20-14-28)47-27(2)43/h6-7,9-10,13-14,19-20,30-33,35-36H,5,8,11-12,15-18,21-26H2,1-4H3/q+2. The summed E-state index contributed by atoms with van der Waals surface area (Å²) >= 11 is 0. The normalized spacial score (nSPS) is 31.1. The number of quaternary nitrogens is 2. The van der Waals surface area contributed by atoms with E-state index in [1.807, 2.05) is 48.5 Å². The van der Waals surface area contributed by atoms with Gasteiger partial charge in [-0.15, -0.1) is 0 Å². The van der Waals surface area contributed by atoms with E-state index in [1.165, 1.54) is 12.5 Å². The molecule has 0 saturated carbocycles. The number of carbonyl (C=O) groups is 4. The lowest BCUT2D eigenvalue weighted by atomic mass is 9.95. The van der Waals surface area contributed by atoms with Crippen LogP contribution in [0.1, 0.15) is 102 Å². The first kappa shape index (κ1) is 36.0. The average molecular weight is 691 g/mol. The highest BCUT2D eigenvalue weighted by Crippen LogP contribution is 2.45. The third-order valence-electron chi connectivity index (χ3n) is 12.2. The lowest BCUT2D eigenvalue weighted by Crippen LogP contribution is -2.58. The molecule has 10 nitrogen and oxygen atoms in total. The number of piperidine rings is 2. The van der Waals surface area contributed by atoms with E-state index < -0.39 is 0 Å². The number of para-hydroxylation sites is 1. The summed E-state index contributed by atoms with van der Waals surface area (Å²) in [5, 5.41) is 0. The predicted octanol–water partition coefficient (Wildman–Crippen LogP) is 6.16. The SMILES string of the molecule is CCC(=O)Oc1ccccc1C[N+]1(C)C2CCC1CC(OC(=O)CCCC(=O)OC1CC3CCC(C1)[N+]3(C)Cc1ccc(OC(C)=O)cc1)C2. The van der Waals surface area contributed by atoms with E-state index in [0.29, 0.717) is 48.5 Å². The summed E-state index contributed by atoms with van der Waals surface area (Å²) in [5.74, 6) is 0.174. The van der Waals surface area contributed by atoms with E-state index in [9.17, 15) is 19.2 Å².